The van der Waals surface area contributed by atoms with Gasteiger partial charge in [-0.15, -0.1) is 11.8 Å². The lowest BCUT2D eigenvalue weighted by Gasteiger charge is -2.17. The van der Waals surface area contributed by atoms with Gasteiger partial charge in [-0.05, 0) is 24.0 Å². The topological polar surface area (TPSA) is 29.1 Å². The summed E-state index contributed by atoms with van der Waals surface area (Å²) in [7, 11) is 0. The van der Waals surface area contributed by atoms with Crippen molar-refractivity contribution in [2.75, 3.05) is 0 Å². The fourth-order valence-corrected chi connectivity index (χ4v) is 3.33. The lowest BCUT2D eigenvalue weighted by Crippen LogP contribution is -2.29. The lowest BCUT2D eigenvalue weighted by atomic mass is 10.1. The van der Waals surface area contributed by atoms with Crippen LogP contribution in [0.1, 0.15) is 29.2 Å². The SMILES string of the molecule is O=C(NC1CC1)[C@@H](SCc1ccccc1)c1ccccc1. The Hall–Kier alpha value is -1.74. The Bertz CT molecular complexity index is 581. The lowest BCUT2D eigenvalue weighted by molar-refractivity contribution is -0.120. The molecule has 2 nitrogen and oxygen atoms in total. The van der Waals surface area contributed by atoms with Crippen molar-refractivity contribution in [3.05, 3.63) is 71.8 Å². The zero-order chi connectivity index (χ0) is 14.5. The van der Waals surface area contributed by atoms with Gasteiger partial charge < -0.3 is 5.32 Å². The maximum absolute atomic E-state index is 12.5. The van der Waals surface area contributed by atoms with E-state index in [1.54, 1.807) is 11.8 Å². The Labute approximate surface area is 130 Å². The Balaban J connectivity index is 1.70. The molecule has 0 saturated heterocycles. The zero-order valence-corrected chi connectivity index (χ0v) is 12.7. The predicted molar refractivity (Wildman–Crippen MR) is 88.1 cm³/mol. The number of amides is 1. The number of thioether (sulfide) groups is 1. The van der Waals surface area contributed by atoms with Gasteiger partial charge in [0, 0.05) is 11.8 Å². The molecule has 0 unspecified atom stereocenters. The molecule has 1 amide bonds. The van der Waals surface area contributed by atoms with E-state index in [0.717, 1.165) is 24.2 Å². The maximum atomic E-state index is 12.5. The first kappa shape index (κ1) is 14.2. The standard InChI is InChI=1S/C18H19NOS/c20-18(19-16-11-12-16)17(15-9-5-2-6-10-15)21-13-14-7-3-1-4-8-14/h1-10,16-17H,11-13H2,(H,19,20)/t17-/m0/s1. The number of benzene rings is 2. The van der Waals surface area contributed by atoms with Crippen LogP contribution in [0, 0.1) is 0 Å². The number of carbonyl (C=O) groups excluding carboxylic acids is 1. The molecule has 2 aromatic carbocycles. The summed E-state index contributed by atoms with van der Waals surface area (Å²) in [6.07, 6.45) is 2.24. The minimum atomic E-state index is -0.132. The smallest absolute Gasteiger partial charge is 0.237 e. The highest BCUT2D eigenvalue weighted by atomic mass is 32.2. The van der Waals surface area contributed by atoms with Crippen molar-refractivity contribution in [3.8, 4) is 0 Å². The summed E-state index contributed by atoms with van der Waals surface area (Å²) in [6, 6.07) is 20.8. The minimum absolute atomic E-state index is 0.132. The third-order valence-corrected chi connectivity index (χ3v) is 4.84. The van der Waals surface area contributed by atoms with E-state index in [2.05, 4.69) is 17.4 Å². The van der Waals surface area contributed by atoms with Crippen LogP contribution >= 0.6 is 11.8 Å². The van der Waals surface area contributed by atoms with Gasteiger partial charge in [-0.3, -0.25) is 4.79 Å². The van der Waals surface area contributed by atoms with E-state index in [9.17, 15) is 4.79 Å². The summed E-state index contributed by atoms with van der Waals surface area (Å²) < 4.78 is 0. The van der Waals surface area contributed by atoms with Gasteiger partial charge in [-0.25, -0.2) is 0 Å². The first-order valence-electron chi connectivity index (χ1n) is 7.34. The normalized spacial score (nSPS) is 15.4. The Morgan fingerprint density at radius 2 is 1.67 bits per heavy atom. The molecule has 108 valence electrons. The average molecular weight is 297 g/mol. The van der Waals surface area contributed by atoms with Crippen LogP contribution in [0.2, 0.25) is 0 Å². The van der Waals surface area contributed by atoms with Gasteiger partial charge in [0.1, 0.15) is 5.25 Å². The molecule has 1 fully saturated rings. The number of carbonyl (C=O) groups is 1. The van der Waals surface area contributed by atoms with Gasteiger partial charge in [0.15, 0.2) is 0 Å². The highest BCUT2D eigenvalue weighted by molar-refractivity contribution is 7.99. The second-order valence-electron chi connectivity index (χ2n) is 5.37. The third-order valence-electron chi connectivity index (χ3n) is 3.52. The van der Waals surface area contributed by atoms with E-state index in [1.165, 1.54) is 5.56 Å². The first-order chi connectivity index (χ1) is 10.3. The van der Waals surface area contributed by atoms with E-state index >= 15 is 0 Å². The summed E-state index contributed by atoms with van der Waals surface area (Å²) in [6.45, 7) is 0. The van der Waals surface area contributed by atoms with Gasteiger partial charge in [0.05, 0.1) is 0 Å². The highest BCUT2D eigenvalue weighted by Crippen LogP contribution is 2.33. The molecule has 3 rings (SSSR count). The monoisotopic (exact) mass is 297 g/mol. The molecule has 2 aromatic rings. The van der Waals surface area contributed by atoms with Crippen LogP contribution in [-0.4, -0.2) is 11.9 Å². The van der Waals surface area contributed by atoms with Gasteiger partial charge in [0.25, 0.3) is 0 Å². The predicted octanol–water partition coefficient (Wildman–Crippen LogP) is 3.94. The number of hydrogen-bond acceptors (Lipinski definition) is 2. The summed E-state index contributed by atoms with van der Waals surface area (Å²) in [4.78, 5) is 12.5. The van der Waals surface area contributed by atoms with Crippen molar-refractivity contribution in [1.29, 1.82) is 0 Å². The summed E-state index contributed by atoms with van der Waals surface area (Å²) in [5.41, 5.74) is 2.33. The number of hydrogen-bond donors (Lipinski definition) is 1. The molecule has 3 heteroatoms. The Morgan fingerprint density at radius 3 is 2.29 bits per heavy atom. The van der Waals surface area contributed by atoms with Crippen LogP contribution in [0.5, 0.6) is 0 Å². The molecule has 0 heterocycles. The van der Waals surface area contributed by atoms with Crippen molar-refractivity contribution < 1.29 is 4.79 Å². The van der Waals surface area contributed by atoms with Crippen LogP contribution in [0.3, 0.4) is 0 Å². The minimum Gasteiger partial charge on any atom is -0.352 e. The second kappa shape index (κ2) is 6.81. The van der Waals surface area contributed by atoms with Crippen LogP contribution in [0.15, 0.2) is 60.7 Å². The van der Waals surface area contributed by atoms with Crippen molar-refractivity contribution in [2.24, 2.45) is 0 Å². The van der Waals surface area contributed by atoms with Gasteiger partial charge in [-0.2, -0.15) is 0 Å². The largest absolute Gasteiger partial charge is 0.352 e. The van der Waals surface area contributed by atoms with E-state index in [1.807, 2.05) is 48.5 Å². The fraction of sp³-hybridized carbons (Fsp3) is 0.278. The highest BCUT2D eigenvalue weighted by Gasteiger charge is 2.28. The zero-order valence-electron chi connectivity index (χ0n) is 11.9. The third kappa shape index (κ3) is 4.11. The first-order valence-corrected chi connectivity index (χ1v) is 8.38. The Kier molecular flexibility index (Phi) is 4.61. The summed E-state index contributed by atoms with van der Waals surface area (Å²) >= 11 is 1.69. The van der Waals surface area contributed by atoms with E-state index in [-0.39, 0.29) is 11.2 Å². The van der Waals surface area contributed by atoms with E-state index in [4.69, 9.17) is 0 Å². The molecule has 0 aromatic heterocycles. The van der Waals surface area contributed by atoms with Gasteiger partial charge in [0.2, 0.25) is 5.91 Å². The molecule has 1 aliphatic carbocycles. The quantitative estimate of drug-likeness (QED) is 0.875. The van der Waals surface area contributed by atoms with E-state index < -0.39 is 0 Å². The summed E-state index contributed by atoms with van der Waals surface area (Å²) in [5.74, 6) is 0.989. The summed E-state index contributed by atoms with van der Waals surface area (Å²) in [5, 5.41) is 3.00. The van der Waals surface area contributed by atoms with Crippen molar-refractivity contribution in [1.82, 2.24) is 5.32 Å². The molecule has 0 spiro atoms. The molecule has 1 N–H and O–H groups in total. The molecular weight excluding hydrogens is 278 g/mol. The molecule has 0 aliphatic heterocycles. The van der Waals surface area contributed by atoms with Crippen molar-refractivity contribution >= 4 is 17.7 Å². The molecule has 0 bridgehead atoms. The molecule has 21 heavy (non-hydrogen) atoms. The number of rotatable bonds is 6. The molecule has 1 saturated carbocycles. The Morgan fingerprint density at radius 1 is 1.05 bits per heavy atom. The molecule has 0 radical (unpaired) electrons. The average Bonchev–Trinajstić information content (AvgIpc) is 3.33. The number of nitrogens with one attached hydrogen (secondary N) is 1. The van der Waals surface area contributed by atoms with Gasteiger partial charge >= 0.3 is 0 Å². The van der Waals surface area contributed by atoms with Crippen LogP contribution in [0.25, 0.3) is 0 Å². The van der Waals surface area contributed by atoms with Crippen molar-refractivity contribution in [3.63, 3.8) is 0 Å². The molecular formula is C18H19NOS. The second-order valence-corrected chi connectivity index (χ2v) is 6.46. The van der Waals surface area contributed by atoms with Gasteiger partial charge in [-0.1, -0.05) is 60.7 Å². The van der Waals surface area contributed by atoms with Crippen LogP contribution in [-0.2, 0) is 10.5 Å². The maximum Gasteiger partial charge on any atom is 0.237 e. The van der Waals surface area contributed by atoms with Crippen LogP contribution < -0.4 is 5.32 Å². The van der Waals surface area contributed by atoms with E-state index in [0.29, 0.717) is 6.04 Å². The molecule has 1 aliphatic rings. The molecule has 1 atom stereocenters. The van der Waals surface area contributed by atoms with Crippen LogP contribution in [0.4, 0.5) is 0 Å². The van der Waals surface area contributed by atoms with Crippen molar-refractivity contribution in [2.45, 2.75) is 29.9 Å². The fourth-order valence-electron chi connectivity index (χ4n) is 2.21.